The van der Waals surface area contributed by atoms with Crippen LogP contribution in [0.15, 0.2) is 59.5 Å². The number of piperazine rings is 1. The number of rotatable bonds is 7. The van der Waals surface area contributed by atoms with Crippen molar-refractivity contribution in [1.29, 1.82) is 0 Å². The molecule has 174 valence electrons. The molecular weight excluding hydrogens is 438 g/mol. The quantitative estimate of drug-likeness (QED) is 0.566. The summed E-state index contributed by atoms with van der Waals surface area (Å²) in [5, 5.41) is 3.33. The molecule has 0 saturated carbocycles. The molecule has 2 heterocycles. The van der Waals surface area contributed by atoms with Gasteiger partial charge in [-0.3, -0.25) is 0 Å². The Bertz CT molecular complexity index is 1190. The Kier molecular flexibility index (Phi) is 6.80. The lowest BCUT2D eigenvalue weighted by Crippen LogP contribution is -2.49. The van der Waals surface area contributed by atoms with Crippen LogP contribution in [0.2, 0.25) is 0 Å². The summed E-state index contributed by atoms with van der Waals surface area (Å²) in [7, 11) is -3.56. The fourth-order valence-electron chi connectivity index (χ4n) is 3.70. The van der Waals surface area contributed by atoms with Gasteiger partial charge in [0.2, 0.25) is 16.0 Å². The number of anilines is 3. The highest BCUT2D eigenvalue weighted by atomic mass is 32.2. The largest absolute Gasteiger partial charge is 0.494 e. The van der Waals surface area contributed by atoms with Gasteiger partial charge in [0.25, 0.3) is 0 Å². The van der Waals surface area contributed by atoms with Gasteiger partial charge in [-0.05, 0) is 57.2 Å². The van der Waals surface area contributed by atoms with E-state index in [-0.39, 0.29) is 4.90 Å². The van der Waals surface area contributed by atoms with Crippen molar-refractivity contribution in [3.63, 3.8) is 0 Å². The number of sulfonamides is 1. The predicted octanol–water partition coefficient (Wildman–Crippen LogP) is 3.75. The number of ether oxygens (including phenoxy) is 1. The van der Waals surface area contributed by atoms with Crippen molar-refractivity contribution in [2.45, 2.75) is 25.7 Å². The molecule has 0 bridgehead atoms. The highest BCUT2D eigenvalue weighted by Gasteiger charge is 2.29. The first-order valence-corrected chi connectivity index (χ1v) is 12.5. The van der Waals surface area contributed by atoms with E-state index in [1.165, 1.54) is 9.87 Å². The van der Waals surface area contributed by atoms with Crippen molar-refractivity contribution >= 4 is 27.5 Å². The second kappa shape index (κ2) is 9.76. The molecule has 8 nitrogen and oxygen atoms in total. The molecule has 3 aromatic rings. The van der Waals surface area contributed by atoms with Gasteiger partial charge in [-0.15, -0.1) is 0 Å². The molecule has 1 aliphatic heterocycles. The van der Waals surface area contributed by atoms with Crippen molar-refractivity contribution < 1.29 is 13.2 Å². The van der Waals surface area contributed by atoms with E-state index in [0.717, 1.165) is 11.4 Å². The Balaban J connectivity index is 1.44. The minimum Gasteiger partial charge on any atom is -0.494 e. The minimum absolute atomic E-state index is 0.274. The average Bonchev–Trinajstić information content (AvgIpc) is 2.81. The molecule has 1 aromatic heterocycles. The predicted molar refractivity (Wildman–Crippen MR) is 130 cm³/mol. The van der Waals surface area contributed by atoms with E-state index in [4.69, 9.17) is 4.74 Å². The number of aryl methyl sites for hydroxylation is 2. The van der Waals surface area contributed by atoms with Crippen molar-refractivity contribution in [2.75, 3.05) is 43.0 Å². The summed E-state index contributed by atoms with van der Waals surface area (Å²) in [6.07, 6.45) is 0. The van der Waals surface area contributed by atoms with Gasteiger partial charge in [0.1, 0.15) is 11.6 Å². The molecule has 0 atom stereocenters. The molecular formula is C24H29N5O3S. The van der Waals surface area contributed by atoms with Crippen LogP contribution in [0.25, 0.3) is 0 Å². The molecule has 0 unspecified atom stereocenters. The first-order chi connectivity index (χ1) is 15.8. The highest BCUT2D eigenvalue weighted by Crippen LogP contribution is 2.23. The molecule has 1 fully saturated rings. The van der Waals surface area contributed by atoms with E-state index >= 15 is 0 Å². The van der Waals surface area contributed by atoms with E-state index in [0.29, 0.717) is 50.3 Å². The van der Waals surface area contributed by atoms with Crippen LogP contribution in [0.5, 0.6) is 5.75 Å². The molecule has 0 spiro atoms. The maximum atomic E-state index is 13.1. The van der Waals surface area contributed by atoms with E-state index < -0.39 is 10.0 Å². The average molecular weight is 468 g/mol. The molecule has 0 radical (unpaired) electrons. The van der Waals surface area contributed by atoms with E-state index in [1.807, 2.05) is 56.0 Å². The van der Waals surface area contributed by atoms with E-state index in [1.54, 1.807) is 24.3 Å². The van der Waals surface area contributed by atoms with E-state index in [9.17, 15) is 8.42 Å². The summed E-state index contributed by atoms with van der Waals surface area (Å²) < 4.78 is 33.0. The van der Waals surface area contributed by atoms with Gasteiger partial charge in [0.05, 0.1) is 11.5 Å². The van der Waals surface area contributed by atoms with Crippen LogP contribution >= 0.6 is 0 Å². The number of hydrogen-bond donors (Lipinski definition) is 1. The first kappa shape index (κ1) is 23.0. The Morgan fingerprint density at radius 1 is 0.939 bits per heavy atom. The Morgan fingerprint density at radius 2 is 1.61 bits per heavy atom. The summed E-state index contributed by atoms with van der Waals surface area (Å²) in [5.74, 6) is 1.97. The van der Waals surface area contributed by atoms with Crippen molar-refractivity contribution in [3.05, 3.63) is 65.9 Å². The molecule has 0 aliphatic carbocycles. The molecule has 2 aromatic carbocycles. The molecule has 1 saturated heterocycles. The number of nitrogens with one attached hydrogen (secondary N) is 1. The number of benzene rings is 2. The Morgan fingerprint density at radius 3 is 2.24 bits per heavy atom. The van der Waals surface area contributed by atoms with Gasteiger partial charge >= 0.3 is 0 Å². The Labute approximate surface area is 195 Å². The molecule has 1 N–H and O–H groups in total. The third-order valence-electron chi connectivity index (χ3n) is 5.46. The van der Waals surface area contributed by atoms with Crippen LogP contribution in [0.1, 0.15) is 18.2 Å². The van der Waals surface area contributed by atoms with Gasteiger partial charge in [-0.2, -0.15) is 9.29 Å². The van der Waals surface area contributed by atoms with Crippen molar-refractivity contribution in [1.82, 2.24) is 14.3 Å². The summed E-state index contributed by atoms with van der Waals surface area (Å²) in [4.78, 5) is 11.5. The van der Waals surface area contributed by atoms with Gasteiger partial charge in [-0.25, -0.2) is 13.4 Å². The Hall–Kier alpha value is -3.17. The normalized spacial score (nSPS) is 14.8. The van der Waals surface area contributed by atoms with Gasteiger partial charge in [0, 0.05) is 43.6 Å². The monoisotopic (exact) mass is 467 g/mol. The topological polar surface area (TPSA) is 87.7 Å². The second-order valence-corrected chi connectivity index (χ2v) is 9.92. The zero-order chi connectivity index (χ0) is 23.4. The van der Waals surface area contributed by atoms with Gasteiger partial charge < -0.3 is 15.0 Å². The lowest BCUT2D eigenvalue weighted by Gasteiger charge is -2.34. The molecule has 4 rings (SSSR count). The third-order valence-corrected chi connectivity index (χ3v) is 7.37. The van der Waals surface area contributed by atoms with Crippen LogP contribution in [-0.2, 0) is 10.0 Å². The van der Waals surface area contributed by atoms with E-state index in [2.05, 4.69) is 15.3 Å². The van der Waals surface area contributed by atoms with Crippen LogP contribution < -0.4 is 15.0 Å². The smallest absolute Gasteiger partial charge is 0.243 e. The fourth-order valence-corrected chi connectivity index (χ4v) is 5.12. The van der Waals surface area contributed by atoms with Crippen molar-refractivity contribution in [3.8, 4) is 5.75 Å². The number of aromatic nitrogens is 2. The summed E-state index contributed by atoms with van der Waals surface area (Å²) in [6.45, 7) is 8.18. The molecule has 33 heavy (non-hydrogen) atoms. The SMILES string of the molecule is CCOc1ccc(S(=O)(=O)N2CCN(c3nc(C)cc(Nc4ccc(C)cc4)n3)CC2)cc1. The number of nitrogens with zero attached hydrogens (tertiary/aromatic N) is 4. The molecule has 9 heteroatoms. The number of hydrogen-bond acceptors (Lipinski definition) is 7. The van der Waals surface area contributed by atoms with Crippen LogP contribution in [0, 0.1) is 13.8 Å². The van der Waals surface area contributed by atoms with Crippen molar-refractivity contribution in [2.24, 2.45) is 0 Å². The molecule has 1 aliphatic rings. The first-order valence-electron chi connectivity index (χ1n) is 11.0. The lowest BCUT2D eigenvalue weighted by atomic mass is 10.2. The summed E-state index contributed by atoms with van der Waals surface area (Å²) in [6, 6.07) is 16.6. The zero-order valence-electron chi connectivity index (χ0n) is 19.2. The van der Waals surface area contributed by atoms with Gasteiger partial charge in [-0.1, -0.05) is 17.7 Å². The van der Waals surface area contributed by atoms with Gasteiger partial charge in [0.15, 0.2) is 0 Å². The fraction of sp³-hybridized carbons (Fsp3) is 0.333. The maximum absolute atomic E-state index is 13.1. The zero-order valence-corrected chi connectivity index (χ0v) is 20.0. The summed E-state index contributed by atoms with van der Waals surface area (Å²) >= 11 is 0. The summed E-state index contributed by atoms with van der Waals surface area (Å²) in [5.41, 5.74) is 2.99. The third kappa shape index (κ3) is 5.43. The lowest BCUT2D eigenvalue weighted by molar-refractivity contribution is 0.340. The van der Waals surface area contributed by atoms with Crippen LogP contribution in [-0.4, -0.2) is 55.5 Å². The molecule has 0 amide bonds. The maximum Gasteiger partial charge on any atom is 0.243 e. The second-order valence-electron chi connectivity index (χ2n) is 7.98. The minimum atomic E-state index is -3.56. The van der Waals surface area contributed by atoms with Crippen LogP contribution in [0.3, 0.4) is 0 Å². The highest BCUT2D eigenvalue weighted by molar-refractivity contribution is 7.89. The standard InChI is InChI=1S/C24H29N5O3S/c1-4-32-21-9-11-22(12-10-21)33(30,31)29-15-13-28(14-16-29)24-25-19(3)17-23(27-24)26-20-7-5-18(2)6-8-20/h5-12,17H,4,13-16H2,1-3H3,(H,25,26,27). The van der Waals surface area contributed by atoms with Crippen LogP contribution in [0.4, 0.5) is 17.5 Å².